The molecule has 0 aromatic carbocycles. The Morgan fingerprint density at radius 1 is 1.52 bits per heavy atom. The molecule has 21 heavy (non-hydrogen) atoms. The highest BCUT2D eigenvalue weighted by Gasteiger charge is 2.37. The van der Waals surface area contributed by atoms with Crippen LogP contribution in [-0.4, -0.2) is 58.8 Å². The van der Waals surface area contributed by atoms with Crippen molar-refractivity contribution in [3.63, 3.8) is 0 Å². The number of hydrogen-bond donors (Lipinski definition) is 2. The Bertz CT molecular complexity index is 499. The zero-order chi connectivity index (χ0) is 14.8. The van der Waals surface area contributed by atoms with E-state index in [1.807, 2.05) is 6.92 Å². The first-order valence-electron chi connectivity index (χ1n) is 7.67. The van der Waals surface area contributed by atoms with Gasteiger partial charge in [0.05, 0.1) is 18.7 Å². The van der Waals surface area contributed by atoms with Crippen molar-refractivity contribution in [3.05, 3.63) is 11.6 Å². The van der Waals surface area contributed by atoms with Gasteiger partial charge in [-0.05, 0) is 26.2 Å². The summed E-state index contributed by atoms with van der Waals surface area (Å²) in [5, 5.41) is 10.2. The van der Waals surface area contributed by atoms with Crippen molar-refractivity contribution >= 4 is 5.91 Å². The van der Waals surface area contributed by atoms with Crippen LogP contribution in [0.25, 0.3) is 0 Å². The number of aromatic nitrogens is 3. The van der Waals surface area contributed by atoms with Crippen LogP contribution in [0.1, 0.15) is 49.8 Å². The molecule has 1 aliphatic heterocycles. The van der Waals surface area contributed by atoms with Crippen molar-refractivity contribution in [2.75, 3.05) is 26.7 Å². The Morgan fingerprint density at radius 2 is 2.33 bits per heavy atom. The molecule has 2 fully saturated rings. The number of aromatic amines is 1. The highest BCUT2D eigenvalue weighted by Crippen LogP contribution is 2.39. The number of ether oxygens (including phenoxy) is 1. The second-order valence-corrected chi connectivity index (χ2v) is 5.85. The molecular weight excluding hydrogens is 270 g/mol. The summed E-state index contributed by atoms with van der Waals surface area (Å²) in [5.41, 5.74) is 0. The lowest BCUT2D eigenvalue weighted by Crippen LogP contribution is -2.37. The van der Waals surface area contributed by atoms with Crippen LogP contribution in [0.15, 0.2) is 0 Å². The Labute approximate surface area is 124 Å². The second-order valence-electron chi connectivity index (χ2n) is 5.85. The summed E-state index contributed by atoms with van der Waals surface area (Å²) in [6.45, 7) is 3.70. The number of hydrogen-bond acceptors (Lipinski definition) is 5. The third-order valence-electron chi connectivity index (χ3n) is 4.20. The summed E-state index contributed by atoms with van der Waals surface area (Å²) < 4.78 is 5.47. The van der Waals surface area contributed by atoms with Crippen LogP contribution in [0.3, 0.4) is 0 Å². The molecule has 2 aliphatic rings. The molecule has 1 aliphatic carbocycles. The van der Waals surface area contributed by atoms with Crippen LogP contribution in [0, 0.1) is 0 Å². The van der Waals surface area contributed by atoms with E-state index in [1.54, 1.807) is 7.11 Å². The molecule has 0 radical (unpaired) electrons. The number of H-pyrrole nitrogens is 1. The summed E-state index contributed by atoms with van der Waals surface area (Å²) in [7, 11) is 1.72. The van der Waals surface area contributed by atoms with Crippen molar-refractivity contribution in [1.82, 2.24) is 25.4 Å². The Hall–Kier alpha value is -1.47. The van der Waals surface area contributed by atoms with Gasteiger partial charge >= 0.3 is 0 Å². The molecule has 1 aromatic rings. The van der Waals surface area contributed by atoms with Gasteiger partial charge < -0.3 is 10.1 Å². The van der Waals surface area contributed by atoms with Crippen LogP contribution in [-0.2, 0) is 9.53 Å². The van der Waals surface area contributed by atoms with Gasteiger partial charge in [0.15, 0.2) is 5.82 Å². The third-order valence-corrected chi connectivity index (χ3v) is 4.20. The van der Waals surface area contributed by atoms with Crippen molar-refractivity contribution in [2.24, 2.45) is 0 Å². The largest absolute Gasteiger partial charge is 0.380 e. The first-order chi connectivity index (χ1) is 10.2. The van der Waals surface area contributed by atoms with Gasteiger partial charge in [0.1, 0.15) is 5.82 Å². The number of likely N-dealkylation sites (N-methyl/N-ethyl adjacent to an activating group) is 1. The predicted molar refractivity (Wildman–Crippen MR) is 76.8 cm³/mol. The maximum absolute atomic E-state index is 11.9. The fourth-order valence-electron chi connectivity index (χ4n) is 2.89. The molecule has 1 saturated heterocycles. The van der Waals surface area contributed by atoms with Gasteiger partial charge in [0.25, 0.3) is 0 Å². The molecule has 1 amide bonds. The van der Waals surface area contributed by atoms with Crippen molar-refractivity contribution in [3.8, 4) is 0 Å². The first-order valence-corrected chi connectivity index (χ1v) is 7.67. The zero-order valence-electron chi connectivity index (χ0n) is 12.6. The van der Waals surface area contributed by atoms with Crippen molar-refractivity contribution in [1.29, 1.82) is 0 Å². The number of likely N-dealkylation sites (tertiary alicyclic amines) is 1. The minimum absolute atomic E-state index is 0.0428. The summed E-state index contributed by atoms with van der Waals surface area (Å²) in [4.78, 5) is 18.6. The molecule has 0 unspecified atom stereocenters. The van der Waals surface area contributed by atoms with E-state index in [0.29, 0.717) is 19.0 Å². The molecule has 7 heteroatoms. The summed E-state index contributed by atoms with van der Waals surface area (Å²) >= 11 is 0. The van der Waals surface area contributed by atoms with Crippen LogP contribution >= 0.6 is 0 Å². The molecule has 2 atom stereocenters. The van der Waals surface area contributed by atoms with Gasteiger partial charge in [-0.2, -0.15) is 5.10 Å². The third kappa shape index (κ3) is 3.24. The Balaban J connectivity index is 1.71. The van der Waals surface area contributed by atoms with E-state index in [9.17, 15) is 4.79 Å². The maximum Gasteiger partial charge on any atom is 0.234 e. The highest BCUT2D eigenvalue weighted by atomic mass is 16.5. The molecule has 0 spiro atoms. The molecular formula is C14H23N5O2. The van der Waals surface area contributed by atoms with Crippen molar-refractivity contribution in [2.45, 2.75) is 44.2 Å². The minimum Gasteiger partial charge on any atom is -0.380 e. The number of nitrogens with one attached hydrogen (secondary N) is 2. The molecule has 2 N–H and O–H groups in total. The number of methoxy groups -OCH3 is 1. The smallest absolute Gasteiger partial charge is 0.234 e. The maximum atomic E-state index is 11.9. The molecule has 0 bridgehead atoms. The fourth-order valence-corrected chi connectivity index (χ4v) is 2.89. The normalized spacial score (nSPS) is 26.2. The van der Waals surface area contributed by atoms with Crippen LogP contribution < -0.4 is 5.32 Å². The van der Waals surface area contributed by atoms with E-state index < -0.39 is 0 Å². The SMILES string of the molecule is CCNC(=O)CN1C[C@H](OC)C[C@H]1c1nc(C2CC2)n[nH]1. The lowest BCUT2D eigenvalue weighted by molar-refractivity contribution is -0.122. The topological polar surface area (TPSA) is 83.1 Å². The van der Waals surface area contributed by atoms with Crippen molar-refractivity contribution < 1.29 is 9.53 Å². The summed E-state index contributed by atoms with van der Waals surface area (Å²) in [5.74, 6) is 2.36. The quantitative estimate of drug-likeness (QED) is 0.801. The van der Waals surface area contributed by atoms with E-state index in [0.717, 1.165) is 24.6 Å². The van der Waals surface area contributed by atoms with E-state index in [4.69, 9.17) is 4.74 Å². The predicted octanol–water partition coefficient (Wildman–Crippen LogP) is 0.580. The average molecular weight is 293 g/mol. The minimum atomic E-state index is 0.0428. The average Bonchev–Trinajstić information content (AvgIpc) is 3.06. The molecule has 116 valence electrons. The summed E-state index contributed by atoms with van der Waals surface area (Å²) in [6.07, 6.45) is 3.35. The van der Waals surface area contributed by atoms with Gasteiger partial charge in [-0.25, -0.2) is 4.98 Å². The van der Waals surface area contributed by atoms with Gasteiger partial charge in [-0.3, -0.25) is 14.8 Å². The van der Waals surface area contributed by atoms with Gasteiger partial charge in [0.2, 0.25) is 5.91 Å². The van der Waals surface area contributed by atoms with Crippen LogP contribution in [0.5, 0.6) is 0 Å². The number of carbonyl (C=O) groups is 1. The Morgan fingerprint density at radius 3 is 3.00 bits per heavy atom. The molecule has 7 nitrogen and oxygen atoms in total. The second kappa shape index (κ2) is 6.11. The van der Waals surface area contributed by atoms with Gasteiger partial charge in [-0.1, -0.05) is 0 Å². The van der Waals surface area contributed by atoms with Crippen LogP contribution in [0.4, 0.5) is 0 Å². The van der Waals surface area contributed by atoms with Gasteiger partial charge in [-0.15, -0.1) is 0 Å². The fraction of sp³-hybridized carbons (Fsp3) is 0.786. The van der Waals surface area contributed by atoms with Crippen LogP contribution in [0.2, 0.25) is 0 Å². The van der Waals surface area contributed by atoms with E-state index >= 15 is 0 Å². The molecule has 1 aromatic heterocycles. The van der Waals surface area contributed by atoms with E-state index in [1.165, 1.54) is 12.8 Å². The zero-order valence-corrected chi connectivity index (χ0v) is 12.6. The van der Waals surface area contributed by atoms with E-state index in [2.05, 4.69) is 25.4 Å². The standard InChI is InChI=1S/C14H23N5O2/c1-3-15-12(20)8-19-7-10(21-2)6-11(19)14-16-13(17-18-14)9-4-5-9/h9-11H,3-8H2,1-2H3,(H,15,20)(H,16,17,18)/t10-,11+/m1/s1. The monoisotopic (exact) mass is 293 g/mol. The lowest BCUT2D eigenvalue weighted by atomic mass is 10.2. The first kappa shape index (κ1) is 14.5. The highest BCUT2D eigenvalue weighted by molar-refractivity contribution is 5.78. The molecule has 3 rings (SSSR count). The number of amides is 1. The van der Waals surface area contributed by atoms with Gasteiger partial charge in [0, 0.05) is 26.1 Å². The number of nitrogens with zero attached hydrogens (tertiary/aromatic N) is 3. The Kier molecular flexibility index (Phi) is 4.21. The molecule has 2 heterocycles. The molecule has 1 saturated carbocycles. The number of carbonyl (C=O) groups excluding carboxylic acids is 1. The lowest BCUT2D eigenvalue weighted by Gasteiger charge is -2.21. The number of rotatable bonds is 6. The van der Waals surface area contributed by atoms with E-state index in [-0.39, 0.29) is 18.1 Å². The summed E-state index contributed by atoms with van der Waals surface area (Å²) in [6, 6.07) is 0.0811.